The molecule has 3 heterocycles. The number of para-hydroxylation sites is 1. The van der Waals surface area contributed by atoms with Crippen LogP contribution in [0, 0.1) is 5.92 Å². The van der Waals surface area contributed by atoms with Crippen LogP contribution >= 0.6 is 11.6 Å². The molecule has 8 heteroatoms. The Labute approximate surface area is 204 Å². The number of hydrogen-bond acceptors (Lipinski definition) is 6. The van der Waals surface area contributed by atoms with Crippen LogP contribution in [-0.4, -0.2) is 39.9 Å². The van der Waals surface area contributed by atoms with E-state index in [9.17, 15) is 0 Å². The number of H-pyrrole nitrogens is 1. The number of aromatic nitrogens is 4. The molecule has 1 aliphatic rings. The van der Waals surface area contributed by atoms with Crippen molar-refractivity contribution in [2.75, 3.05) is 29.9 Å². The van der Waals surface area contributed by atoms with Gasteiger partial charge in [0, 0.05) is 30.1 Å². The summed E-state index contributed by atoms with van der Waals surface area (Å²) < 4.78 is 5.84. The Morgan fingerprint density at radius 3 is 2.68 bits per heavy atom. The van der Waals surface area contributed by atoms with E-state index in [1.165, 1.54) is 6.42 Å². The van der Waals surface area contributed by atoms with Gasteiger partial charge >= 0.3 is 0 Å². The van der Waals surface area contributed by atoms with Gasteiger partial charge in [-0.2, -0.15) is 10.1 Å². The molecule has 1 aliphatic heterocycles. The molecule has 7 nitrogen and oxygen atoms in total. The standard InChI is InChI=1S/C26H29ClN6O/c1-17(2)16-34-18-10-11-19(21(27)14-18)23-15-24(33-12-6-3-7-13-33)29-26(28-23)30-25-20-8-4-5-9-22(20)31-32-25/h4-5,8-11,14-15,17H,3,6-7,12-13,16H2,1-2H3,(H2,28,29,30,31,32). The fraction of sp³-hybridized carbons (Fsp3) is 0.346. The second kappa shape index (κ2) is 9.89. The molecule has 0 radical (unpaired) electrons. The molecule has 2 N–H and O–H groups in total. The van der Waals surface area contributed by atoms with Crippen molar-refractivity contribution in [1.82, 2.24) is 20.2 Å². The molecular formula is C26H29ClN6O. The molecule has 176 valence electrons. The van der Waals surface area contributed by atoms with E-state index in [4.69, 9.17) is 26.3 Å². The maximum atomic E-state index is 6.70. The van der Waals surface area contributed by atoms with E-state index >= 15 is 0 Å². The average Bonchev–Trinajstić information content (AvgIpc) is 3.26. The Hall–Kier alpha value is -3.32. The van der Waals surface area contributed by atoms with Crippen LogP contribution in [0.2, 0.25) is 5.02 Å². The van der Waals surface area contributed by atoms with Crippen LogP contribution in [0.25, 0.3) is 22.2 Å². The van der Waals surface area contributed by atoms with Gasteiger partial charge in [-0.3, -0.25) is 5.10 Å². The summed E-state index contributed by atoms with van der Waals surface area (Å²) in [5.74, 6) is 3.28. The van der Waals surface area contributed by atoms with Crippen LogP contribution < -0.4 is 15.0 Å². The molecule has 0 spiro atoms. The summed E-state index contributed by atoms with van der Waals surface area (Å²) in [7, 11) is 0. The quantitative estimate of drug-likeness (QED) is 0.319. The maximum absolute atomic E-state index is 6.70. The molecule has 0 aliphatic carbocycles. The third-order valence-electron chi connectivity index (χ3n) is 5.89. The third kappa shape index (κ3) is 4.94. The Kier molecular flexibility index (Phi) is 6.54. The van der Waals surface area contributed by atoms with Gasteiger partial charge in [0.1, 0.15) is 11.6 Å². The zero-order valence-corrected chi connectivity index (χ0v) is 20.3. The highest BCUT2D eigenvalue weighted by Crippen LogP contribution is 2.34. The predicted molar refractivity (Wildman–Crippen MR) is 138 cm³/mol. The van der Waals surface area contributed by atoms with Crippen LogP contribution in [0.5, 0.6) is 5.75 Å². The second-order valence-electron chi connectivity index (χ2n) is 9.07. The monoisotopic (exact) mass is 476 g/mol. The molecule has 0 unspecified atom stereocenters. The minimum Gasteiger partial charge on any atom is -0.493 e. The van der Waals surface area contributed by atoms with Crippen LogP contribution in [0.4, 0.5) is 17.6 Å². The topological polar surface area (TPSA) is 79.0 Å². The maximum Gasteiger partial charge on any atom is 0.230 e. The summed E-state index contributed by atoms with van der Waals surface area (Å²) in [4.78, 5) is 12.0. The Morgan fingerprint density at radius 1 is 1.06 bits per heavy atom. The summed E-state index contributed by atoms with van der Waals surface area (Å²) >= 11 is 6.70. The molecular weight excluding hydrogens is 448 g/mol. The highest BCUT2D eigenvalue weighted by atomic mass is 35.5. The SMILES string of the molecule is CC(C)COc1ccc(-c2cc(N3CCCCC3)nc(Nc3n[nH]c4ccccc34)n2)c(Cl)c1. The number of nitrogens with zero attached hydrogens (tertiary/aromatic N) is 4. The lowest BCUT2D eigenvalue weighted by Crippen LogP contribution is -2.30. The Bertz CT molecular complexity index is 1280. The molecule has 0 saturated carbocycles. The third-order valence-corrected chi connectivity index (χ3v) is 6.21. The first-order valence-electron chi connectivity index (χ1n) is 11.8. The normalized spacial score (nSPS) is 14.1. The van der Waals surface area contributed by atoms with Gasteiger partial charge in [-0.15, -0.1) is 0 Å². The molecule has 0 atom stereocenters. The number of anilines is 3. The first-order chi connectivity index (χ1) is 16.6. The minimum atomic E-state index is 0.444. The molecule has 0 amide bonds. The molecule has 2 aromatic heterocycles. The molecule has 5 rings (SSSR count). The van der Waals surface area contributed by atoms with E-state index in [-0.39, 0.29) is 0 Å². The number of piperidine rings is 1. The molecule has 1 saturated heterocycles. The lowest BCUT2D eigenvalue weighted by Gasteiger charge is -2.28. The van der Waals surface area contributed by atoms with E-state index < -0.39 is 0 Å². The van der Waals surface area contributed by atoms with E-state index in [1.807, 2.05) is 48.5 Å². The smallest absolute Gasteiger partial charge is 0.230 e. The van der Waals surface area contributed by atoms with E-state index in [2.05, 4.69) is 34.3 Å². The number of hydrogen-bond donors (Lipinski definition) is 2. The molecule has 4 aromatic rings. The van der Waals surface area contributed by atoms with Crippen molar-refractivity contribution in [3.8, 4) is 17.0 Å². The van der Waals surface area contributed by atoms with E-state index in [0.29, 0.717) is 29.3 Å². The van der Waals surface area contributed by atoms with E-state index in [0.717, 1.165) is 59.7 Å². The summed E-state index contributed by atoms with van der Waals surface area (Å²) in [6, 6.07) is 15.8. The van der Waals surface area contributed by atoms with Crippen LogP contribution in [-0.2, 0) is 0 Å². The fourth-order valence-electron chi connectivity index (χ4n) is 4.13. The summed E-state index contributed by atoms with van der Waals surface area (Å²) in [6.07, 6.45) is 3.58. The predicted octanol–water partition coefficient (Wildman–Crippen LogP) is 6.44. The van der Waals surface area contributed by atoms with Crippen LogP contribution in [0.3, 0.4) is 0 Å². The number of ether oxygens (including phenoxy) is 1. The summed E-state index contributed by atoms with van der Waals surface area (Å²) in [5.41, 5.74) is 2.56. The number of nitrogens with one attached hydrogen (secondary N) is 2. The van der Waals surface area contributed by atoms with Crippen molar-refractivity contribution in [1.29, 1.82) is 0 Å². The van der Waals surface area contributed by atoms with Gasteiger partial charge in [-0.25, -0.2) is 4.98 Å². The van der Waals surface area contributed by atoms with Crippen molar-refractivity contribution >= 4 is 40.1 Å². The van der Waals surface area contributed by atoms with Crippen molar-refractivity contribution < 1.29 is 4.74 Å². The molecule has 1 fully saturated rings. The van der Waals surface area contributed by atoms with Crippen LogP contribution in [0.1, 0.15) is 33.1 Å². The van der Waals surface area contributed by atoms with Gasteiger partial charge in [0.2, 0.25) is 5.95 Å². The van der Waals surface area contributed by atoms with Crippen molar-refractivity contribution in [2.45, 2.75) is 33.1 Å². The Morgan fingerprint density at radius 2 is 1.88 bits per heavy atom. The van der Waals surface area contributed by atoms with Crippen LogP contribution in [0.15, 0.2) is 48.5 Å². The first-order valence-corrected chi connectivity index (χ1v) is 12.2. The number of benzene rings is 2. The molecule has 0 bridgehead atoms. The molecule has 34 heavy (non-hydrogen) atoms. The zero-order valence-electron chi connectivity index (χ0n) is 19.5. The summed E-state index contributed by atoms with van der Waals surface area (Å²) in [5, 5.41) is 12.4. The van der Waals surface area contributed by atoms with Crippen molar-refractivity contribution in [2.24, 2.45) is 5.92 Å². The number of halogens is 1. The largest absolute Gasteiger partial charge is 0.493 e. The minimum absolute atomic E-state index is 0.444. The second-order valence-corrected chi connectivity index (χ2v) is 9.48. The van der Waals surface area contributed by atoms with Gasteiger partial charge in [-0.05, 0) is 55.5 Å². The van der Waals surface area contributed by atoms with Gasteiger partial charge in [0.15, 0.2) is 5.82 Å². The first kappa shape index (κ1) is 22.5. The van der Waals surface area contributed by atoms with Crippen molar-refractivity contribution in [3.63, 3.8) is 0 Å². The van der Waals surface area contributed by atoms with Gasteiger partial charge in [0.25, 0.3) is 0 Å². The average molecular weight is 477 g/mol. The molecule has 2 aromatic carbocycles. The lowest BCUT2D eigenvalue weighted by molar-refractivity contribution is 0.271. The van der Waals surface area contributed by atoms with Gasteiger partial charge in [0.05, 0.1) is 22.8 Å². The lowest BCUT2D eigenvalue weighted by atomic mass is 10.1. The highest BCUT2D eigenvalue weighted by molar-refractivity contribution is 6.33. The Balaban J connectivity index is 1.51. The van der Waals surface area contributed by atoms with E-state index in [1.54, 1.807) is 0 Å². The number of fused-ring (bicyclic) bond motifs is 1. The van der Waals surface area contributed by atoms with Crippen molar-refractivity contribution in [3.05, 3.63) is 53.6 Å². The van der Waals surface area contributed by atoms with Gasteiger partial charge in [-0.1, -0.05) is 37.6 Å². The number of rotatable bonds is 7. The number of aromatic amines is 1. The summed E-state index contributed by atoms with van der Waals surface area (Å²) in [6.45, 7) is 6.86. The zero-order chi connectivity index (χ0) is 23.5. The van der Waals surface area contributed by atoms with Gasteiger partial charge < -0.3 is 15.0 Å². The highest BCUT2D eigenvalue weighted by Gasteiger charge is 2.18. The fourth-order valence-corrected chi connectivity index (χ4v) is 4.40.